The highest BCUT2D eigenvalue weighted by molar-refractivity contribution is 6.28. The van der Waals surface area contributed by atoms with Crippen molar-refractivity contribution >= 4 is 28.3 Å². The predicted octanol–water partition coefficient (Wildman–Crippen LogP) is 0.673. The Morgan fingerprint density at radius 2 is 1.90 bits per heavy atom. The largest absolute Gasteiger partial charge is 0.396 e. The van der Waals surface area contributed by atoms with Gasteiger partial charge in [-0.25, -0.2) is 4.90 Å². The lowest BCUT2D eigenvalue weighted by Crippen LogP contribution is -2.74. The van der Waals surface area contributed by atoms with Gasteiger partial charge in [0.2, 0.25) is 5.91 Å². The summed E-state index contributed by atoms with van der Waals surface area (Å²) in [5.74, 6) is -2.79. The first-order chi connectivity index (χ1) is 14.8. The van der Waals surface area contributed by atoms with Crippen molar-refractivity contribution in [3.63, 3.8) is 0 Å². The van der Waals surface area contributed by atoms with Crippen molar-refractivity contribution in [2.24, 2.45) is 11.8 Å². The minimum Gasteiger partial charge on any atom is -0.396 e. The number of imide groups is 1. The molecule has 8 nitrogen and oxygen atoms in total. The number of nitrogens with zero attached hydrogens (tertiary/aromatic N) is 2. The van der Waals surface area contributed by atoms with Crippen LogP contribution in [0.15, 0.2) is 36.4 Å². The van der Waals surface area contributed by atoms with E-state index in [4.69, 9.17) is 0 Å². The molecule has 4 N–H and O–H groups in total. The van der Waals surface area contributed by atoms with E-state index in [2.05, 4.69) is 11.4 Å². The Kier molecular flexibility index (Phi) is 5.10. The average molecular weight is 423 g/mol. The van der Waals surface area contributed by atoms with Crippen molar-refractivity contribution in [1.82, 2.24) is 5.32 Å². The summed E-state index contributed by atoms with van der Waals surface area (Å²) < 4.78 is 0. The molecule has 8 heteroatoms. The number of aliphatic hydroxyl groups is 3. The third kappa shape index (κ3) is 2.68. The molecule has 3 unspecified atom stereocenters. The van der Waals surface area contributed by atoms with Crippen LogP contribution < -0.4 is 10.2 Å². The molecule has 1 saturated heterocycles. The number of hydrogen-bond donors (Lipinski definition) is 4. The molecule has 2 amide bonds. The van der Waals surface area contributed by atoms with Gasteiger partial charge in [-0.05, 0) is 25.1 Å². The monoisotopic (exact) mass is 423 g/mol. The number of likely N-dealkylation sites (N-methyl/N-ethyl adjacent to an activating group) is 1. The number of anilines is 1. The molecule has 0 aromatic heterocycles. The fourth-order valence-electron chi connectivity index (χ4n) is 5.54. The molecule has 2 aliphatic rings. The second kappa shape index (κ2) is 7.39. The van der Waals surface area contributed by atoms with Crippen molar-refractivity contribution in [3.8, 4) is 6.07 Å². The first kappa shape index (κ1) is 21.4. The third-order valence-electron chi connectivity index (χ3n) is 7.09. The van der Waals surface area contributed by atoms with Crippen LogP contribution >= 0.6 is 0 Å². The first-order valence-electron chi connectivity index (χ1n) is 10.3. The van der Waals surface area contributed by atoms with E-state index in [0.717, 1.165) is 4.90 Å². The second-order valence-corrected chi connectivity index (χ2v) is 8.44. The number of carbonyl (C=O) groups excluding carboxylic acids is 2. The van der Waals surface area contributed by atoms with Crippen LogP contribution in [0, 0.1) is 23.2 Å². The number of carbonyl (C=O) groups is 2. The quantitative estimate of drug-likeness (QED) is 0.531. The summed E-state index contributed by atoms with van der Waals surface area (Å²) >= 11 is 0. The molecule has 2 aromatic rings. The normalized spacial score (nSPS) is 32.9. The fraction of sp³-hybridized carbons (Fsp3) is 0.435. The van der Waals surface area contributed by atoms with E-state index in [1.807, 2.05) is 0 Å². The third-order valence-corrected chi connectivity index (χ3v) is 7.09. The molecule has 0 radical (unpaired) electrons. The van der Waals surface area contributed by atoms with E-state index >= 15 is 0 Å². The van der Waals surface area contributed by atoms with Gasteiger partial charge in [0.05, 0.1) is 34.9 Å². The number of amides is 2. The molecular weight excluding hydrogens is 398 g/mol. The van der Waals surface area contributed by atoms with Crippen molar-refractivity contribution in [3.05, 3.63) is 42.0 Å². The number of nitriles is 1. The Morgan fingerprint density at radius 3 is 2.52 bits per heavy atom. The van der Waals surface area contributed by atoms with Gasteiger partial charge in [0, 0.05) is 30.2 Å². The van der Waals surface area contributed by atoms with Crippen molar-refractivity contribution in [2.45, 2.75) is 37.0 Å². The van der Waals surface area contributed by atoms with Crippen LogP contribution in [0.1, 0.15) is 25.3 Å². The van der Waals surface area contributed by atoms with E-state index in [-0.39, 0.29) is 12.8 Å². The molecule has 0 spiro atoms. The summed E-state index contributed by atoms with van der Waals surface area (Å²) in [6.07, 6.45) is -1.33. The van der Waals surface area contributed by atoms with E-state index in [9.17, 15) is 30.2 Å². The molecule has 2 fully saturated rings. The van der Waals surface area contributed by atoms with Gasteiger partial charge in [-0.1, -0.05) is 31.2 Å². The highest BCUT2D eigenvalue weighted by Gasteiger charge is 2.72. The summed E-state index contributed by atoms with van der Waals surface area (Å²) in [7, 11) is 1.51. The SMILES string of the molecule is CN[C@]12C(=O)N(c3ccc(C#N)c4ccccc34)C(=O)C1C(C)[C@@H](O)CC2(O)CCO. The van der Waals surface area contributed by atoms with Crippen LogP contribution in [0.3, 0.4) is 0 Å². The molecule has 1 aliphatic heterocycles. The van der Waals surface area contributed by atoms with Crippen LogP contribution in [0.5, 0.6) is 0 Å². The van der Waals surface area contributed by atoms with E-state index in [1.165, 1.54) is 7.05 Å². The molecule has 31 heavy (non-hydrogen) atoms. The van der Waals surface area contributed by atoms with E-state index in [1.54, 1.807) is 43.3 Å². The van der Waals surface area contributed by atoms with Gasteiger partial charge in [0.25, 0.3) is 5.91 Å². The number of rotatable bonds is 4. The molecule has 0 bridgehead atoms. The second-order valence-electron chi connectivity index (χ2n) is 8.44. The zero-order valence-corrected chi connectivity index (χ0v) is 17.4. The molecule has 4 rings (SSSR count). The summed E-state index contributed by atoms with van der Waals surface area (Å²) in [4.78, 5) is 28.6. The van der Waals surface area contributed by atoms with Crippen molar-refractivity contribution < 1.29 is 24.9 Å². The van der Waals surface area contributed by atoms with Gasteiger partial charge in [-0.15, -0.1) is 0 Å². The molecule has 1 aliphatic carbocycles. The molecular formula is C23H25N3O5. The highest BCUT2D eigenvalue weighted by Crippen LogP contribution is 2.52. The van der Waals surface area contributed by atoms with Crippen LogP contribution in [-0.4, -0.2) is 58.0 Å². The minimum absolute atomic E-state index is 0.146. The maximum atomic E-state index is 13.9. The Morgan fingerprint density at radius 1 is 1.23 bits per heavy atom. The van der Waals surface area contributed by atoms with Crippen LogP contribution in [-0.2, 0) is 9.59 Å². The summed E-state index contributed by atoms with van der Waals surface area (Å²) in [6.45, 7) is 1.28. The summed E-state index contributed by atoms with van der Waals surface area (Å²) in [5.41, 5.74) is -2.78. The van der Waals surface area contributed by atoms with E-state index < -0.39 is 47.5 Å². The topological polar surface area (TPSA) is 134 Å². The van der Waals surface area contributed by atoms with Crippen LogP contribution in [0.25, 0.3) is 10.8 Å². The number of benzene rings is 2. The Bertz CT molecular complexity index is 1110. The van der Waals surface area contributed by atoms with Gasteiger partial charge in [0.1, 0.15) is 5.54 Å². The number of hydrogen-bond acceptors (Lipinski definition) is 7. The standard InChI is InChI=1S/C23H25N3O5/c1-13-18(28)11-22(31,9-10-27)23(25-2)19(13)20(29)26(21(23)30)17-8-7-14(12-24)15-5-3-4-6-16(15)17/h3-8,13,18-19,25,27-28,31H,9-11H2,1-2H3/t13?,18-,19?,22?,23-/m0/s1. The lowest BCUT2D eigenvalue weighted by molar-refractivity contribution is -0.173. The van der Waals surface area contributed by atoms with Crippen molar-refractivity contribution in [2.75, 3.05) is 18.6 Å². The Labute approximate surface area is 179 Å². The molecule has 1 saturated carbocycles. The lowest BCUT2D eigenvalue weighted by Gasteiger charge is -2.52. The lowest BCUT2D eigenvalue weighted by atomic mass is 9.58. The predicted molar refractivity (Wildman–Crippen MR) is 113 cm³/mol. The molecule has 1 heterocycles. The van der Waals surface area contributed by atoms with Crippen molar-refractivity contribution in [1.29, 1.82) is 5.26 Å². The van der Waals surface area contributed by atoms with Gasteiger partial charge in [0.15, 0.2) is 0 Å². The Hall–Kier alpha value is -2.83. The van der Waals surface area contributed by atoms with Crippen LogP contribution in [0.2, 0.25) is 0 Å². The fourth-order valence-corrected chi connectivity index (χ4v) is 5.54. The smallest absolute Gasteiger partial charge is 0.257 e. The van der Waals surface area contributed by atoms with Gasteiger partial charge < -0.3 is 20.6 Å². The minimum atomic E-state index is -1.82. The Balaban J connectivity index is 1.96. The number of aliphatic hydroxyl groups excluding tert-OH is 2. The van der Waals surface area contributed by atoms with Gasteiger partial charge >= 0.3 is 0 Å². The number of nitrogens with one attached hydrogen (secondary N) is 1. The molecule has 5 atom stereocenters. The molecule has 162 valence electrons. The zero-order chi connectivity index (χ0) is 22.6. The van der Waals surface area contributed by atoms with Gasteiger partial charge in [-0.3, -0.25) is 9.59 Å². The number of fused-ring (bicyclic) bond motifs is 2. The highest BCUT2D eigenvalue weighted by atomic mass is 16.3. The van der Waals surface area contributed by atoms with E-state index in [0.29, 0.717) is 22.0 Å². The average Bonchev–Trinajstić information content (AvgIpc) is 2.99. The zero-order valence-electron chi connectivity index (χ0n) is 17.4. The maximum absolute atomic E-state index is 13.9. The first-order valence-corrected chi connectivity index (χ1v) is 10.3. The van der Waals surface area contributed by atoms with Crippen LogP contribution in [0.4, 0.5) is 5.69 Å². The van der Waals surface area contributed by atoms with Gasteiger partial charge in [-0.2, -0.15) is 5.26 Å². The summed E-state index contributed by atoms with van der Waals surface area (Å²) in [5, 5.41) is 45.2. The maximum Gasteiger partial charge on any atom is 0.257 e. The molecule has 2 aromatic carbocycles. The summed E-state index contributed by atoms with van der Waals surface area (Å²) in [6, 6.07) is 12.3.